The number of anilines is 2. The number of halogens is 1. The fourth-order valence-electron chi connectivity index (χ4n) is 5.41. The molecule has 5 rings (SSSR count). The Kier molecular flexibility index (Phi) is 6.16. The molecule has 0 unspecified atom stereocenters. The van der Waals surface area contributed by atoms with E-state index in [1.807, 2.05) is 6.07 Å². The number of hydrogen-bond acceptors (Lipinski definition) is 6. The molecule has 2 aromatic rings. The first-order chi connectivity index (χ1) is 15.2. The summed E-state index contributed by atoms with van der Waals surface area (Å²) in [4.78, 5) is 29.2. The Bertz CT molecular complexity index is 1070. The topological polar surface area (TPSA) is 101 Å². The maximum absolute atomic E-state index is 12.7. The number of rotatable bonds is 7. The molecule has 3 aliphatic rings. The van der Waals surface area contributed by atoms with E-state index in [0.717, 1.165) is 22.4 Å². The molecule has 2 bridgehead atoms. The van der Waals surface area contributed by atoms with Gasteiger partial charge >= 0.3 is 0 Å². The van der Waals surface area contributed by atoms with Crippen LogP contribution in [0.3, 0.4) is 0 Å². The zero-order valence-corrected chi connectivity index (χ0v) is 19.7. The molecule has 9 heteroatoms. The van der Waals surface area contributed by atoms with E-state index in [-0.39, 0.29) is 23.5 Å². The van der Waals surface area contributed by atoms with E-state index in [2.05, 4.69) is 46.8 Å². The molecule has 2 aromatic heterocycles. The SMILES string of the molecule is CNc1cnccc1CNC(=O)Cn1ncc(N[C@@H]2C[C@H]3C[C@@H]([C@H]2C)C3(C)C)c(Cl)c1=O. The van der Waals surface area contributed by atoms with E-state index in [0.29, 0.717) is 35.4 Å². The van der Waals surface area contributed by atoms with Crippen LogP contribution in [0.4, 0.5) is 11.4 Å². The van der Waals surface area contributed by atoms with Gasteiger partial charge in [0.05, 0.1) is 23.8 Å². The highest BCUT2D eigenvalue weighted by atomic mass is 35.5. The van der Waals surface area contributed by atoms with Gasteiger partial charge in [0.2, 0.25) is 5.91 Å². The first-order valence-electron chi connectivity index (χ1n) is 11.1. The first kappa shape index (κ1) is 22.6. The Balaban J connectivity index is 1.39. The van der Waals surface area contributed by atoms with Crippen molar-refractivity contribution >= 4 is 28.9 Å². The normalized spacial score (nSPS) is 25.5. The molecule has 0 saturated heterocycles. The number of nitrogens with zero attached hydrogens (tertiary/aromatic N) is 3. The Morgan fingerprint density at radius 1 is 1.28 bits per heavy atom. The minimum atomic E-state index is -0.472. The number of pyridine rings is 1. The van der Waals surface area contributed by atoms with Crippen LogP contribution in [-0.2, 0) is 17.9 Å². The van der Waals surface area contributed by atoms with Gasteiger partial charge in [0.15, 0.2) is 0 Å². The highest BCUT2D eigenvalue weighted by Gasteiger charge is 2.56. The predicted molar refractivity (Wildman–Crippen MR) is 126 cm³/mol. The molecule has 4 atom stereocenters. The minimum Gasteiger partial charge on any atom is -0.387 e. The van der Waals surface area contributed by atoms with Crippen molar-refractivity contribution in [3.8, 4) is 0 Å². The third-order valence-electron chi connectivity index (χ3n) is 7.63. The van der Waals surface area contributed by atoms with Crippen molar-refractivity contribution in [2.24, 2.45) is 23.2 Å². The van der Waals surface area contributed by atoms with Crippen molar-refractivity contribution in [1.29, 1.82) is 0 Å². The zero-order chi connectivity index (χ0) is 23.0. The number of fused-ring (bicyclic) bond motifs is 2. The molecule has 172 valence electrons. The molecule has 0 radical (unpaired) electrons. The summed E-state index contributed by atoms with van der Waals surface area (Å²) in [5.41, 5.74) is 2.19. The Morgan fingerprint density at radius 2 is 2.06 bits per heavy atom. The maximum Gasteiger partial charge on any atom is 0.288 e. The molecule has 3 aliphatic carbocycles. The highest BCUT2D eigenvalue weighted by Crippen LogP contribution is 2.61. The van der Waals surface area contributed by atoms with Crippen LogP contribution in [0, 0.1) is 23.2 Å². The standard InChI is InChI=1S/C23H31ClN6O2/c1-13-16-7-15(23(16,2)3)8-17(13)29-19-11-28-30(22(32)21(19)24)12-20(31)27-9-14-5-6-26-10-18(14)25-4/h5-6,10-11,13,15-17,25,29H,7-9,12H2,1-4H3,(H,27,31)/t13-,15-,16+,17-/m1/s1. The third-order valence-corrected chi connectivity index (χ3v) is 8.00. The molecule has 3 saturated carbocycles. The first-order valence-corrected chi connectivity index (χ1v) is 11.5. The zero-order valence-electron chi connectivity index (χ0n) is 19.0. The smallest absolute Gasteiger partial charge is 0.288 e. The van der Waals surface area contributed by atoms with Crippen LogP contribution in [0.5, 0.6) is 0 Å². The van der Waals surface area contributed by atoms with Gasteiger partial charge in [-0.2, -0.15) is 5.10 Å². The average molecular weight is 459 g/mol. The van der Waals surface area contributed by atoms with Crippen LogP contribution in [0.25, 0.3) is 0 Å². The maximum atomic E-state index is 12.7. The predicted octanol–water partition coefficient (Wildman–Crippen LogP) is 3.13. The monoisotopic (exact) mass is 458 g/mol. The summed E-state index contributed by atoms with van der Waals surface area (Å²) in [6, 6.07) is 2.09. The number of nitrogens with one attached hydrogen (secondary N) is 3. The lowest BCUT2D eigenvalue weighted by Gasteiger charge is -2.62. The lowest BCUT2D eigenvalue weighted by Crippen LogP contribution is -2.58. The fourth-order valence-corrected chi connectivity index (χ4v) is 5.61. The van der Waals surface area contributed by atoms with Gasteiger partial charge in [0, 0.05) is 25.8 Å². The van der Waals surface area contributed by atoms with Crippen LogP contribution in [0.2, 0.25) is 5.02 Å². The summed E-state index contributed by atoms with van der Waals surface area (Å²) in [5.74, 6) is 1.55. The molecular formula is C23H31ClN6O2. The summed E-state index contributed by atoms with van der Waals surface area (Å²) >= 11 is 6.38. The molecule has 3 N–H and O–H groups in total. The Morgan fingerprint density at radius 3 is 2.75 bits per heavy atom. The number of amides is 1. The quantitative estimate of drug-likeness (QED) is 0.589. The third kappa shape index (κ3) is 4.08. The van der Waals surface area contributed by atoms with Crippen LogP contribution < -0.4 is 21.5 Å². The number of hydrogen-bond donors (Lipinski definition) is 3. The summed E-state index contributed by atoms with van der Waals surface area (Å²) in [5, 5.41) is 13.6. The van der Waals surface area contributed by atoms with Crippen LogP contribution in [-0.4, -0.2) is 33.8 Å². The highest BCUT2D eigenvalue weighted by molar-refractivity contribution is 6.32. The van der Waals surface area contributed by atoms with Gasteiger partial charge in [-0.15, -0.1) is 0 Å². The van der Waals surface area contributed by atoms with E-state index < -0.39 is 5.56 Å². The van der Waals surface area contributed by atoms with Gasteiger partial charge < -0.3 is 16.0 Å². The lowest BCUT2D eigenvalue weighted by molar-refractivity contribution is -0.122. The van der Waals surface area contributed by atoms with E-state index in [1.54, 1.807) is 25.6 Å². The second kappa shape index (κ2) is 8.73. The number of aromatic nitrogens is 3. The van der Waals surface area contributed by atoms with Gasteiger partial charge in [-0.05, 0) is 47.6 Å². The van der Waals surface area contributed by atoms with E-state index >= 15 is 0 Å². The molecule has 3 fully saturated rings. The second-order valence-corrected chi connectivity index (χ2v) is 9.98. The molecule has 0 aromatic carbocycles. The van der Waals surface area contributed by atoms with Crippen molar-refractivity contribution in [1.82, 2.24) is 20.1 Å². The summed E-state index contributed by atoms with van der Waals surface area (Å²) in [6.45, 7) is 7.10. The molecule has 0 aliphatic heterocycles. The number of carbonyl (C=O) groups excluding carboxylic acids is 1. The van der Waals surface area contributed by atoms with E-state index in [4.69, 9.17) is 11.6 Å². The van der Waals surface area contributed by atoms with Crippen molar-refractivity contribution in [3.63, 3.8) is 0 Å². The average Bonchev–Trinajstić information content (AvgIpc) is 2.78. The van der Waals surface area contributed by atoms with Gasteiger partial charge in [-0.3, -0.25) is 14.6 Å². The van der Waals surface area contributed by atoms with Crippen LogP contribution in [0.15, 0.2) is 29.5 Å². The largest absolute Gasteiger partial charge is 0.387 e. The molecule has 32 heavy (non-hydrogen) atoms. The van der Waals surface area contributed by atoms with Crippen molar-refractivity contribution in [2.45, 2.75) is 52.7 Å². The van der Waals surface area contributed by atoms with E-state index in [9.17, 15) is 9.59 Å². The summed E-state index contributed by atoms with van der Waals surface area (Å²) in [6.07, 6.45) is 7.26. The second-order valence-electron chi connectivity index (χ2n) is 9.60. The molecular weight excluding hydrogens is 428 g/mol. The van der Waals surface area contributed by atoms with Crippen LogP contribution in [0.1, 0.15) is 39.2 Å². The minimum absolute atomic E-state index is 0.0742. The molecule has 1 amide bonds. The Hall–Kier alpha value is -2.61. The number of carbonyl (C=O) groups is 1. The van der Waals surface area contributed by atoms with Crippen molar-refractivity contribution in [2.75, 3.05) is 17.7 Å². The lowest BCUT2D eigenvalue weighted by atomic mass is 9.45. The van der Waals surface area contributed by atoms with Gasteiger partial charge in [0.25, 0.3) is 5.56 Å². The van der Waals surface area contributed by atoms with Crippen molar-refractivity contribution in [3.05, 3.63) is 45.6 Å². The van der Waals surface area contributed by atoms with Crippen LogP contribution >= 0.6 is 11.6 Å². The molecule has 8 nitrogen and oxygen atoms in total. The Labute approximate surface area is 193 Å². The van der Waals surface area contributed by atoms with E-state index in [1.165, 1.54) is 6.42 Å². The summed E-state index contributed by atoms with van der Waals surface area (Å²) in [7, 11) is 1.79. The summed E-state index contributed by atoms with van der Waals surface area (Å²) < 4.78 is 1.10. The van der Waals surface area contributed by atoms with Gasteiger partial charge in [0.1, 0.15) is 11.6 Å². The van der Waals surface area contributed by atoms with Gasteiger partial charge in [-0.25, -0.2) is 4.68 Å². The van der Waals surface area contributed by atoms with Crippen molar-refractivity contribution < 1.29 is 4.79 Å². The fraction of sp³-hybridized carbons (Fsp3) is 0.565. The van der Waals surface area contributed by atoms with Gasteiger partial charge in [-0.1, -0.05) is 32.4 Å². The molecule has 2 heterocycles. The molecule has 0 spiro atoms.